The summed E-state index contributed by atoms with van der Waals surface area (Å²) in [6, 6.07) is 7.05. The fourth-order valence-corrected chi connectivity index (χ4v) is 3.84. The molecule has 1 aromatic heterocycles. The lowest BCUT2D eigenvalue weighted by molar-refractivity contribution is 0.0596. The minimum atomic E-state index is -4.28. The van der Waals surface area contributed by atoms with Crippen LogP contribution in [0, 0.1) is 0 Å². The van der Waals surface area contributed by atoms with Gasteiger partial charge in [0, 0.05) is 0 Å². The van der Waals surface area contributed by atoms with Crippen molar-refractivity contribution >= 4 is 21.9 Å². The van der Waals surface area contributed by atoms with E-state index in [1.165, 1.54) is 55.8 Å². The number of hydrogen-bond acceptors (Lipinski definition) is 11. The van der Waals surface area contributed by atoms with Gasteiger partial charge in [0.1, 0.15) is 10.7 Å². The number of methoxy groups -OCH3 is 3. The maximum atomic E-state index is 13.1. The number of esters is 1. The van der Waals surface area contributed by atoms with Gasteiger partial charge in [-0.2, -0.15) is 22.8 Å². The molecule has 2 heterocycles. The Bertz CT molecular complexity index is 1050. The first kappa shape index (κ1) is 20.2. The molecule has 1 aromatic carbocycles. The van der Waals surface area contributed by atoms with Crippen LogP contribution < -0.4 is 25.8 Å². The van der Waals surface area contributed by atoms with Crippen molar-refractivity contribution in [3.63, 3.8) is 0 Å². The van der Waals surface area contributed by atoms with E-state index in [2.05, 4.69) is 20.2 Å². The van der Waals surface area contributed by atoms with Crippen LogP contribution in [-0.4, -0.2) is 50.1 Å². The van der Waals surface area contributed by atoms with Crippen LogP contribution in [0.5, 0.6) is 11.8 Å². The number of benzene rings is 1. The Morgan fingerprint density at radius 2 is 1.72 bits per heavy atom. The SMILES string of the molecule is COC(=O)c1ccccc1S(=O)(=O)N1NN(c2nc(OC)cc(OC)n2)C=C1N. The molecule has 0 fully saturated rings. The highest BCUT2D eigenvalue weighted by Gasteiger charge is 2.35. The van der Waals surface area contributed by atoms with Crippen molar-refractivity contribution in [1.29, 1.82) is 0 Å². The average Bonchev–Trinajstić information content (AvgIpc) is 3.15. The molecule has 154 valence electrons. The van der Waals surface area contributed by atoms with E-state index in [9.17, 15) is 13.2 Å². The van der Waals surface area contributed by atoms with Gasteiger partial charge in [0.25, 0.3) is 16.0 Å². The largest absolute Gasteiger partial charge is 0.481 e. The standard InChI is InChI=1S/C16H18N6O6S/c1-26-13-8-14(27-2)19-16(18-13)21-9-12(17)22(20-21)29(24,25)11-7-5-4-6-10(11)15(23)28-3/h4-9,20H,17H2,1-3H3. The maximum absolute atomic E-state index is 13.1. The molecule has 1 aliphatic heterocycles. The van der Waals surface area contributed by atoms with E-state index in [-0.39, 0.29) is 34.0 Å². The highest BCUT2D eigenvalue weighted by Crippen LogP contribution is 2.26. The van der Waals surface area contributed by atoms with Gasteiger partial charge in [0.05, 0.1) is 39.2 Å². The van der Waals surface area contributed by atoms with E-state index in [0.717, 1.165) is 7.11 Å². The molecule has 29 heavy (non-hydrogen) atoms. The smallest absolute Gasteiger partial charge is 0.339 e. The Morgan fingerprint density at radius 3 is 2.31 bits per heavy atom. The summed E-state index contributed by atoms with van der Waals surface area (Å²) in [6.45, 7) is 0. The fourth-order valence-electron chi connectivity index (χ4n) is 2.44. The van der Waals surface area contributed by atoms with Crippen molar-refractivity contribution in [2.24, 2.45) is 5.73 Å². The number of ether oxygens (including phenoxy) is 3. The van der Waals surface area contributed by atoms with Crippen molar-refractivity contribution in [3.05, 3.63) is 47.9 Å². The number of hydrazine groups is 2. The predicted octanol–water partition coefficient (Wildman–Crippen LogP) is -0.0315. The summed E-state index contributed by atoms with van der Waals surface area (Å²) in [5.41, 5.74) is 8.32. The van der Waals surface area contributed by atoms with Gasteiger partial charge in [0.2, 0.25) is 11.8 Å². The zero-order valence-electron chi connectivity index (χ0n) is 15.7. The summed E-state index contributed by atoms with van der Waals surface area (Å²) in [4.78, 5) is 19.9. The van der Waals surface area contributed by atoms with Gasteiger partial charge in [-0.05, 0) is 12.1 Å². The monoisotopic (exact) mass is 422 g/mol. The molecule has 0 unspecified atom stereocenters. The molecule has 0 saturated carbocycles. The number of hydrogen-bond donors (Lipinski definition) is 2. The van der Waals surface area contributed by atoms with Crippen molar-refractivity contribution in [2.45, 2.75) is 4.90 Å². The lowest BCUT2D eigenvalue weighted by Crippen LogP contribution is -2.46. The first-order valence-corrected chi connectivity index (χ1v) is 9.48. The third-order valence-corrected chi connectivity index (χ3v) is 5.49. The molecule has 1 aliphatic rings. The molecule has 0 aliphatic carbocycles. The summed E-state index contributed by atoms with van der Waals surface area (Å²) < 4.78 is 41.8. The van der Waals surface area contributed by atoms with Gasteiger partial charge in [-0.1, -0.05) is 12.1 Å². The fraction of sp³-hybridized carbons (Fsp3) is 0.188. The number of nitrogens with one attached hydrogen (secondary N) is 1. The molecule has 2 aromatic rings. The first-order chi connectivity index (χ1) is 13.8. The highest BCUT2D eigenvalue weighted by atomic mass is 32.2. The van der Waals surface area contributed by atoms with E-state index in [0.29, 0.717) is 4.41 Å². The highest BCUT2D eigenvalue weighted by molar-refractivity contribution is 7.89. The van der Waals surface area contributed by atoms with E-state index in [4.69, 9.17) is 15.2 Å². The minimum absolute atomic E-state index is 0.0168. The van der Waals surface area contributed by atoms with Gasteiger partial charge in [-0.3, -0.25) is 0 Å². The molecule has 0 bridgehead atoms. The second-order valence-corrected chi connectivity index (χ2v) is 7.29. The average molecular weight is 422 g/mol. The van der Waals surface area contributed by atoms with Gasteiger partial charge in [-0.15, -0.1) is 5.53 Å². The molecule has 0 radical (unpaired) electrons. The second kappa shape index (κ2) is 7.81. The number of nitrogens with two attached hydrogens (primary N) is 1. The quantitative estimate of drug-likeness (QED) is 0.604. The lowest BCUT2D eigenvalue weighted by Gasteiger charge is -2.23. The predicted molar refractivity (Wildman–Crippen MR) is 99.8 cm³/mol. The molecule has 3 rings (SSSR count). The first-order valence-electron chi connectivity index (χ1n) is 8.04. The van der Waals surface area contributed by atoms with Crippen LogP contribution in [0.2, 0.25) is 0 Å². The topological polar surface area (TPSA) is 149 Å². The maximum Gasteiger partial charge on any atom is 0.339 e. The van der Waals surface area contributed by atoms with Crippen molar-refractivity contribution in [3.8, 4) is 11.8 Å². The molecule has 0 saturated heterocycles. The van der Waals surface area contributed by atoms with Gasteiger partial charge in [0.15, 0.2) is 0 Å². The number of sulfonamides is 1. The molecule has 0 spiro atoms. The van der Waals surface area contributed by atoms with Crippen LogP contribution >= 0.6 is 0 Å². The van der Waals surface area contributed by atoms with E-state index in [1.54, 1.807) is 0 Å². The van der Waals surface area contributed by atoms with Crippen LogP contribution in [0.4, 0.5) is 5.95 Å². The summed E-state index contributed by atoms with van der Waals surface area (Å²) >= 11 is 0. The number of carbonyl (C=O) groups excluding carboxylic acids is 1. The van der Waals surface area contributed by atoms with Gasteiger partial charge >= 0.3 is 5.97 Å². The second-order valence-electron chi connectivity index (χ2n) is 5.53. The van der Waals surface area contributed by atoms with E-state index in [1.807, 2.05) is 0 Å². The minimum Gasteiger partial charge on any atom is -0.481 e. The molecule has 13 heteroatoms. The molecular formula is C16H18N6O6S. The number of nitrogens with zero attached hydrogens (tertiary/aromatic N) is 4. The summed E-state index contributed by atoms with van der Waals surface area (Å²) in [7, 11) is -0.301. The van der Waals surface area contributed by atoms with Crippen LogP contribution in [0.1, 0.15) is 10.4 Å². The molecule has 0 amide bonds. The molecule has 0 atom stereocenters. The van der Waals surface area contributed by atoms with Crippen LogP contribution in [-0.2, 0) is 14.8 Å². The van der Waals surface area contributed by atoms with E-state index < -0.39 is 16.0 Å². The Morgan fingerprint density at radius 1 is 1.10 bits per heavy atom. The summed E-state index contributed by atoms with van der Waals surface area (Å²) in [6.07, 6.45) is 1.26. The zero-order chi connectivity index (χ0) is 21.2. The third kappa shape index (κ3) is 3.72. The third-order valence-electron chi connectivity index (χ3n) is 3.81. The summed E-state index contributed by atoms with van der Waals surface area (Å²) in [5, 5.41) is 1.17. The normalized spacial score (nSPS) is 13.8. The Balaban J connectivity index is 1.97. The van der Waals surface area contributed by atoms with Crippen LogP contribution in [0.15, 0.2) is 47.2 Å². The zero-order valence-corrected chi connectivity index (χ0v) is 16.5. The van der Waals surface area contributed by atoms with Crippen molar-refractivity contribution in [2.75, 3.05) is 26.3 Å². The molecule has 3 N–H and O–H groups in total. The Kier molecular flexibility index (Phi) is 5.43. The number of rotatable bonds is 6. The van der Waals surface area contributed by atoms with Crippen molar-refractivity contribution in [1.82, 2.24) is 19.9 Å². The molecule has 12 nitrogen and oxygen atoms in total. The van der Waals surface area contributed by atoms with Gasteiger partial charge in [-0.25, -0.2) is 9.80 Å². The summed E-state index contributed by atoms with van der Waals surface area (Å²) in [5.74, 6) is -0.585. The van der Waals surface area contributed by atoms with Gasteiger partial charge < -0.3 is 19.9 Å². The number of anilines is 1. The van der Waals surface area contributed by atoms with E-state index >= 15 is 0 Å². The molecular weight excluding hydrogens is 404 g/mol. The number of aromatic nitrogens is 2. The lowest BCUT2D eigenvalue weighted by atomic mass is 10.2. The Labute approximate surface area is 166 Å². The van der Waals surface area contributed by atoms with Crippen LogP contribution in [0.3, 0.4) is 0 Å². The van der Waals surface area contributed by atoms with Crippen molar-refractivity contribution < 1.29 is 27.4 Å². The Hall–Kier alpha value is -3.58. The number of carbonyl (C=O) groups is 1. The van der Waals surface area contributed by atoms with Crippen LogP contribution in [0.25, 0.3) is 0 Å².